The molecule has 2 aromatic rings. The van der Waals surface area contributed by atoms with Crippen molar-refractivity contribution in [3.05, 3.63) is 54.4 Å². The maximum absolute atomic E-state index is 12.1. The van der Waals surface area contributed by atoms with Crippen LogP contribution in [0.5, 0.6) is 0 Å². The number of rotatable bonds is 5. The highest BCUT2D eigenvalue weighted by Gasteiger charge is 2.28. The van der Waals surface area contributed by atoms with Crippen LogP contribution < -0.4 is 10.6 Å². The molecule has 25 heavy (non-hydrogen) atoms. The van der Waals surface area contributed by atoms with Crippen LogP contribution in [0.3, 0.4) is 0 Å². The van der Waals surface area contributed by atoms with Crippen LogP contribution in [-0.4, -0.2) is 48.9 Å². The second kappa shape index (κ2) is 7.10. The van der Waals surface area contributed by atoms with Crippen LogP contribution in [0.25, 0.3) is 5.69 Å². The molecule has 0 spiro atoms. The molecule has 2 N–H and O–H groups in total. The molecule has 132 valence electrons. The van der Waals surface area contributed by atoms with Crippen LogP contribution >= 0.6 is 0 Å². The molecule has 1 aliphatic heterocycles. The smallest absolute Gasteiger partial charge is 0.251 e. The Morgan fingerprint density at radius 1 is 1.12 bits per heavy atom. The SMILES string of the molecule is O=C(CNC(=O)c1ccc(-n2cccc2)cc1)NC1CCS(=O)(=O)C1. The lowest BCUT2D eigenvalue weighted by Crippen LogP contribution is -2.42. The molecule has 2 heterocycles. The van der Waals surface area contributed by atoms with E-state index in [4.69, 9.17) is 0 Å². The zero-order valence-electron chi connectivity index (χ0n) is 13.5. The van der Waals surface area contributed by atoms with Crippen LogP contribution in [0.15, 0.2) is 48.8 Å². The molecule has 0 radical (unpaired) electrons. The molecule has 1 unspecified atom stereocenters. The third-order valence-electron chi connectivity index (χ3n) is 4.04. The maximum atomic E-state index is 12.1. The fraction of sp³-hybridized carbons (Fsp3) is 0.294. The van der Waals surface area contributed by atoms with Crippen LogP contribution in [0.2, 0.25) is 0 Å². The summed E-state index contributed by atoms with van der Waals surface area (Å²) in [5.74, 6) is -0.682. The Kier molecular flexibility index (Phi) is 4.89. The monoisotopic (exact) mass is 361 g/mol. The number of nitrogens with zero attached hydrogens (tertiary/aromatic N) is 1. The summed E-state index contributed by atoms with van der Waals surface area (Å²) in [7, 11) is -3.04. The fourth-order valence-corrected chi connectivity index (χ4v) is 4.42. The van der Waals surface area contributed by atoms with Crippen molar-refractivity contribution in [2.45, 2.75) is 12.5 Å². The van der Waals surface area contributed by atoms with Crippen LogP contribution in [0.1, 0.15) is 16.8 Å². The Balaban J connectivity index is 1.50. The number of sulfone groups is 1. The topological polar surface area (TPSA) is 97.3 Å². The first-order valence-electron chi connectivity index (χ1n) is 7.94. The van der Waals surface area contributed by atoms with Crippen LogP contribution in [0, 0.1) is 0 Å². The molecular formula is C17H19N3O4S. The van der Waals surface area contributed by atoms with E-state index in [9.17, 15) is 18.0 Å². The van der Waals surface area contributed by atoms with E-state index in [0.717, 1.165) is 5.69 Å². The highest BCUT2D eigenvalue weighted by molar-refractivity contribution is 7.91. The van der Waals surface area contributed by atoms with Crippen molar-refractivity contribution in [3.63, 3.8) is 0 Å². The van der Waals surface area contributed by atoms with Crippen LogP contribution in [0.4, 0.5) is 0 Å². The average molecular weight is 361 g/mol. The van der Waals surface area contributed by atoms with Crippen molar-refractivity contribution in [2.24, 2.45) is 0 Å². The number of carbonyl (C=O) groups is 2. The Morgan fingerprint density at radius 3 is 2.40 bits per heavy atom. The van der Waals surface area contributed by atoms with Crippen molar-refractivity contribution in [2.75, 3.05) is 18.1 Å². The van der Waals surface area contributed by atoms with Gasteiger partial charge in [0.25, 0.3) is 5.91 Å². The number of nitrogens with one attached hydrogen (secondary N) is 2. The van der Waals surface area contributed by atoms with Gasteiger partial charge in [-0.25, -0.2) is 8.42 Å². The predicted molar refractivity (Wildman–Crippen MR) is 93.3 cm³/mol. The molecule has 1 fully saturated rings. The molecular weight excluding hydrogens is 342 g/mol. The van der Waals surface area contributed by atoms with Crippen molar-refractivity contribution < 1.29 is 18.0 Å². The lowest BCUT2D eigenvalue weighted by molar-refractivity contribution is -0.120. The summed E-state index contributed by atoms with van der Waals surface area (Å²) in [6, 6.07) is 10.5. The van der Waals surface area contributed by atoms with Gasteiger partial charge in [0.05, 0.1) is 18.1 Å². The van der Waals surface area contributed by atoms with E-state index in [1.807, 2.05) is 41.2 Å². The van der Waals surface area contributed by atoms with Crippen molar-refractivity contribution in [1.29, 1.82) is 0 Å². The maximum Gasteiger partial charge on any atom is 0.251 e. The summed E-state index contributed by atoms with van der Waals surface area (Å²) in [5.41, 5.74) is 1.38. The van der Waals surface area contributed by atoms with Gasteiger partial charge in [0.1, 0.15) is 0 Å². The first-order chi connectivity index (χ1) is 11.9. The zero-order valence-corrected chi connectivity index (χ0v) is 14.3. The minimum absolute atomic E-state index is 0.0342. The lowest BCUT2D eigenvalue weighted by Gasteiger charge is -2.11. The highest BCUT2D eigenvalue weighted by Crippen LogP contribution is 2.11. The summed E-state index contributed by atoms with van der Waals surface area (Å²) >= 11 is 0. The molecule has 8 heteroatoms. The van der Waals surface area contributed by atoms with Crippen molar-refractivity contribution in [1.82, 2.24) is 15.2 Å². The minimum Gasteiger partial charge on any atom is -0.351 e. The summed E-state index contributed by atoms with van der Waals surface area (Å²) in [5, 5.41) is 5.17. The normalized spacial score (nSPS) is 18.6. The highest BCUT2D eigenvalue weighted by atomic mass is 32.2. The minimum atomic E-state index is -3.04. The van der Waals surface area contributed by atoms with E-state index in [1.54, 1.807) is 12.1 Å². The fourth-order valence-electron chi connectivity index (χ4n) is 2.74. The molecule has 0 aliphatic carbocycles. The third kappa shape index (κ3) is 4.48. The molecule has 7 nitrogen and oxygen atoms in total. The van der Waals surface area contributed by atoms with Gasteiger partial charge in [-0.2, -0.15) is 0 Å². The average Bonchev–Trinajstić information content (AvgIpc) is 3.22. The van der Waals surface area contributed by atoms with Crippen molar-refractivity contribution in [3.8, 4) is 5.69 Å². The predicted octanol–water partition coefficient (Wildman–Crippen LogP) is 0.510. The van der Waals surface area contributed by atoms with Crippen LogP contribution in [-0.2, 0) is 14.6 Å². The number of aromatic nitrogens is 1. The van der Waals surface area contributed by atoms with Gasteiger partial charge in [-0.05, 0) is 42.8 Å². The summed E-state index contributed by atoms with van der Waals surface area (Å²) < 4.78 is 24.6. The molecule has 1 aliphatic rings. The van der Waals surface area contributed by atoms with Gasteiger partial charge >= 0.3 is 0 Å². The summed E-state index contributed by atoms with van der Waals surface area (Å²) in [6.45, 7) is -0.186. The third-order valence-corrected chi connectivity index (χ3v) is 5.81. The van der Waals surface area contributed by atoms with Gasteiger partial charge in [-0.15, -0.1) is 0 Å². The quantitative estimate of drug-likeness (QED) is 0.811. The standard InChI is InChI=1S/C17H19N3O4S/c21-16(19-14-7-10-25(23,24)12-14)11-18-17(22)13-3-5-15(6-4-13)20-8-1-2-9-20/h1-6,8-9,14H,7,10-12H2,(H,18,22)(H,19,21). The molecule has 0 saturated carbocycles. The Bertz CT molecular complexity index is 858. The molecule has 3 rings (SSSR count). The molecule has 0 bridgehead atoms. The van der Waals surface area contributed by atoms with Gasteiger partial charge in [0, 0.05) is 29.7 Å². The van der Waals surface area contributed by atoms with E-state index in [0.29, 0.717) is 12.0 Å². The van der Waals surface area contributed by atoms with E-state index in [2.05, 4.69) is 10.6 Å². The number of hydrogen-bond acceptors (Lipinski definition) is 4. The van der Waals surface area contributed by atoms with Crippen molar-refractivity contribution >= 4 is 21.7 Å². The van der Waals surface area contributed by atoms with E-state index < -0.39 is 9.84 Å². The van der Waals surface area contributed by atoms with E-state index >= 15 is 0 Å². The Hall–Kier alpha value is -2.61. The molecule has 1 aromatic carbocycles. The molecule has 1 aromatic heterocycles. The van der Waals surface area contributed by atoms with Gasteiger partial charge in [-0.3, -0.25) is 9.59 Å². The van der Waals surface area contributed by atoms with Gasteiger partial charge in [-0.1, -0.05) is 0 Å². The molecule has 1 saturated heterocycles. The first-order valence-corrected chi connectivity index (χ1v) is 9.76. The molecule has 2 amide bonds. The van der Waals surface area contributed by atoms with Gasteiger partial charge in [0.15, 0.2) is 9.84 Å². The number of amides is 2. The number of hydrogen-bond donors (Lipinski definition) is 2. The van der Waals surface area contributed by atoms with Gasteiger partial charge < -0.3 is 15.2 Å². The summed E-state index contributed by atoms with van der Waals surface area (Å²) in [6.07, 6.45) is 4.23. The Morgan fingerprint density at radius 2 is 1.80 bits per heavy atom. The van der Waals surface area contributed by atoms with E-state index in [1.165, 1.54) is 0 Å². The van der Waals surface area contributed by atoms with Gasteiger partial charge in [0.2, 0.25) is 5.91 Å². The lowest BCUT2D eigenvalue weighted by atomic mass is 10.2. The molecule has 1 atom stereocenters. The number of carbonyl (C=O) groups excluding carboxylic acids is 2. The zero-order chi connectivity index (χ0) is 17.9. The van der Waals surface area contributed by atoms with E-state index in [-0.39, 0.29) is 35.9 Å². The first kappa shape index (κ1) is 17.2. The second-order valence-electron chi connectivity index (χ2n) is 5.99. The largest absolute Gasteiger partial charge is 0.351 e. The summed E-state index contributed by atoms with van der Waals surface area (Å²) in [4.78, 5) is 23.9. The number of benzene rings is 1. The second-order valence-corrected chi connectivity index (χ2v) is 8.22. The Labute approximate surface area is 146 Å².